The molecule has 1 saturated heterocycles. The Bertz CT molecular complexity index is 732. The van der Waals surface area contributed by atoms with E-state index in [9.17, 15) is 4.79 Å². The van der Waals surface area contributed by atoms with Gasteiger partial charge in [-0.1, -0.05) is 11.2 Å². The van der Waals surface area contributed by atoms with Crippen LogP contribution in [0.4, 0.5) is 0 Å². The van der Waals surface area contributed by atoms with Crippen LogP contribution in [0.3, 0.4) is 0 Å². The fourth-order valence-electron chi connectivity index (χ4n) is 3.47. The maximum Gasteiger partial charge on any atom is 0.261 e. The highest BCUT2D eigenvalue weighted by Crippen LogP contribution is 2.26. The number of benzene rings is 1. The van der Waals surface area contributed by atoms with E-state index in [-0.39, 0.29) is 18.6 Å². The smallest absolute Gasteiger partial charge is 0.261 e. The van der Waals surface area contributed by atoms with Crippen molar-refractivity contribution in [3.05, 3.63) is 41.5 Å². The van der Waals surface area contributed by atoms with E-state index in [1.165, 1.54) is 30.4 Å². The minimum absolute atomic E-state index is 0.00681. The van der Waals surface area contributed by atoms with Crippen LogP contribution in [0.2, 0.25) is 0 Å². The van der Waals surface area contributed by atoms with Crippen molar-refractivity contribution in [3.8, 4) is 5.75 Å². The third kappa shape index (κ3) is 3.51. The molecule has 2 aromatic rings. The maximum absolute atomic E-state index is 12.6. The zero-order valence-corrected chi connectivity index (χ0v) is 14.0. The molecule has 25 heavy (non-hydrogen) atoms. The number of hydrogen-bond acceptors (Lipinski definition) is 6. The third-order valence-corrected chi connectivity index (χ3v) is 4.81. The van der Waals surface area contributed by atoms with Crippen LogP contribution >= 0.6 is 0 Å². The molecule has 7 nitrogen and oxygen atoms in total. The van der Waals surface area contributed by atoms with E-state index in [0.29, 0.717) is 25.6 Å². The second-order valence-corrected chi connectivity index (χ2v) is 6.39. The van der Waals surface area contributed by atoms with Crippen LogP contribution in [0.25, 0.3) is 0 Å². The summed E-state index contributed by atoms with van der Waals surface area (Å²) in [5.41, 5.74) is 2.74. The van der Waals surface area contributed by atoms with Gasteiger partial charge in [-0.2, -0.15) is 4.98 Å². The van der Waals surface area contributed by atoms with Gasteiger partial charge in [-0.05, 0) is 48.9 Å². The van der Waals surface area contributed by atoms with Crippen molar-refractivity contribution >= 4 is 5.91 Å². The molecule has 0 N–H and O–H groups in total. The number of aryl methyl sites for hydroxylation is 2. The second-order valence-electron chi connectivity index (χ2n) is 6.39. The molecule has 4 rings (SSSR count). The summed E-state index contributed by atoms with van der Waals surface area (Å²) in [6.45, 7) is 1.35. The van der Waals surface area contributed by atoms with E-state index in [0.717, 1.165) is 18.6 Å². The Balaban J connectivity index is 1.41. The van der Waals surface area contributed by atoms with Crippen LogP contribution in [0.1, 0.15) is 35.8 Å². The Morgan fingerprint density at radius 3 is 3.00 bits per heavy atom. The normalized spacial score (nSPS) is 20.2. The number of nitrogens with zero attached hydrogens (tertiary/aromatic N) is 3. The fourth-order valence-corrected chi connectivity index (χ4v) is 3.47. The van der Waals surface area contributed by atoms with Crippen LogP contribution in [0.5, 0.6) is 5.75 Å². The van der Waals surface area contributed by atoms with Crippen LogP contribution < -0.4 is 4.74 Å². The van der Waals surface area contributed by atoms with Crippen molar-refractivity contribution in [2.75, 3.05) is 26.4 Å². The summed E-state index contributed by atoms with van der Waals surface area (Å²) in [4.78, 5) is 18.4. The first-order chi connectivity index (χ1) is 12.3. The predicted octanol–water partition coefficient (Wildman–Crippen LogP) is 1.93. The highest BCUT2D eigenvalue weighted by atomic mass is 16.5. The molecular formula is C18H21N3O4. The van der Waals surface area contributed by atoms with Gasteiger partial charge in [-0.3, -0.25) is 4.79 Å². The average molecular weight is 343 g/mol. The number of morpholine rings is 1. The molecular weight excluding hydrogens is 322 g/mol. The Hall–Kier alpha value is -2.41. The fraction of sp³-hybridized carbons (Fsp3) is 0.500. The molecule has 1 aromatic carbocycles. The van der Waals surface area contributed by atoms with Crippen LogP contribution in [0, 0.1) is 0 Å². The number of carbonyl (C=O) groups is 1. The molecule has 1 aliphatic heterocycles. The van der Waals surface area contributed by atoms with Crippen LogP contribution in [-0.2, 0) is 22.4 Å². The van der Waals surface area contributed by atoms with Crippen LogP contribution in [0.15, 0.2) is 29.1 Å². The largest absolute Gasteiger partial charge is 0.484 e. The van der Waals surface area contributed by atoms with E-state index in [4.69, 9.17) is 14.0 Å². The van der Waals surface area contributed by atoms with Gasteiger partial charge in [0.05, 0.1) is 13.2 Å². The van der Waals surface area contributed by atoms with Gasteiger partial charge in [-0.15, -0.1) is 0 Å². The molecule has 2 heterocycles. The highest BCUT2D eigenvalue weighted by Gasteiger charge is 2.31. The lowest BCUT2D eigenvalue weighted by Gasteiger charge is -2.33. The number of amides is 1. The lowest BCUT2D eigenvalue weighted by atomic mass is 9.92. The molecule has 7 heteroatoms. The first-order valence-corrected chi connectivity index (χ1v) is 8.69. The van der Waals surface area contributed by atoms with E-state index >= 15 is 0 Å². The Morgan fingerprint density at radius 1 is 1.28 bits per heavy atom. The van der Waals surface area contributed by atoms with Gasteiger partial charge >= 0.3 is 0 Å². The molecule has 1 aliphatic carbocycles. The van der Waals surface area contributed by atoms with E-state index in [1.54, 1.807) is 4.90 Å². The zero-order valence-electron chi connectivity index (χ0n) is 14.0. The monoisotopic (exact) mass is 343 g/mol. The predicted molar refractivity (Wildman–Crippen MR) is 88.2 cm³/mol. The Morgan fingerprint density at radius 2 is 2.16 bits per heavy atom. The molecule has 0 saturated carbocycles. The summed E-state index contributed by atoms with van der Waals surface area (Å²) >= 11 is 0. The standard InChI is InChI=1S/C18H21N3O4/c22-17(21-7-8-23-10-16(21)18-19-12-25-20-18)11-24-15-6-5-13-3-1-2-4-14(13)9-15/h5-6,9,12,16H,1-4,7-8,10-11H2/t16-/m0/s1. The minimum atomic E-state index is -0.327. The van der Waals surface area contributed by atoms with E-state index < -0.39 is 0 Å². The summed E-state index contributed by atoms with van der Waals surface area (Å²) in [6.07, 6.45) is 5.95. The maximum atomic E-state index is 12.6. The van der Waals surface area contributed by atoms with Gasteiger partial charge in [0.2, 0.25) is 6.39 Å². The van der Waals surface area contributed by atoms with Gasteiger partial charge in [-0.25, -0.2) is 0 Å². The third-order valence-electron chi connectivity index (χ3n) is 4.81. The zero-order chi connectivity index (χ0) is 17.1. The first-order valence-electron chi connectivity index (χ1n) is 8.69. The molecule has 132 valence electrons. The number of carbonyl (C=O) groups excluding carboxylic acids is 1. The molecule has 0 spiro atoms. The van der Waals surface area contributed by atoms with Gasteiger partial charge in [0.25, 0.3) is 5.91 Å². The number of rotatable bonds is 4. The Kier molecular flexibility index (Phi) is 4.65. The van der Waals surface area contributed by atoms with Gasteiger partial charge in [0, 0.05) is 6.54 Å². The quantitative estimate of drug-likeness (QED) is 0.844. The van der Waals surface area contributed by atoms with Crippen molar-refractivity contribution in [2.24, 2.45) is 0 Å². The van der Waals surface area contributed by atoms with Crippen molar-refractivity contribution < 1.29 is 18.8 Å². The molecule has 0 unspecified atom stereocenters. The molecule has 1 fully saturated rings. The summed E-state index contributed by atoms with van der Waals surface area (Å²) in [5.74, 6) is 1.11. The molecule has 0 radical (unpaired) electrons. The van der Waals surface area contributed by atoms with Crippen molar-refractivity contribution in [1.29, 1.82) is 0 Å². The number of aromatic nitrogens is 2. The van der Waals surface area contributed by atoms with Gasteiger partial charge < -0.3 is 18.9 Å². The number of ether oxygens (including phenoxy) is 2. The van der Waals surface area contributed by atoms with Gasteiger partial charge in [0.15, 0.2) is 12.4 Å². The summed E-state index contributed by atoms with van der Waals surface area (Å²) < 4.78 is 16.0. The SMILES string of the molecule is O=C(COc1ccc2c(c1)CCCC2)N1CCOC[C@H]1c1ncon1. The van der Waals surface area contributed by atoms with E-state index in [2.05, 4.69) is 22.3 Å². The minimum Gasteiger partial charge on any atom is -0.484 e. The van der Waals surface area contributed by atoms with Gasteiger partial charge in [0.1, 0.15) is 11.8 Å². The first kappa shape index (κ1) is 16.1. The summed E-state index contributed by atoms with van der Waals surface area (Å²) in [5, 5.41) is 3.84. The molecule has 1 atom stereocenters. The van der Waals surface area contributed by atoms with Crippen molar-refractivity contribution in [2.45, 2.75) is 31.7 Å². The summed E-state index contributed by atoms with van der Waals surface area (Å²) in [6, 6.07) is 5.81. The Labute approximate surface area is 145 Å². The number of fused-ring (bicyclic) bond motifs is 1. The second kappa shape index (κ2) is 7.23. The average Bonchev–Trinajstić information content (AvgIpc) is 3.20. The van der Waals surface area contributed by atoms with Crippen molar-refractivity contribution in [1.82, 2.24) is 15.0 Å². The van der Waals surface area contributed by atoms with E-state index in [1.807, 2.05) is 6.07 Å². The number of hydrogen-bond donors (Lipinski definition) is 0. The van der Waals surface area contributed by atoms with Crippen LogP contribution in [-0.4, -0.2) is 47.3 Å². The highest BCUT2D eigenvalue weighted by molar-refractivity contribution is 5.78. The molecule has 2 aliphatic rings. The van der Waals surface area contributed by atoms with Crippen molar-refractivity contribution in [3.63, 3.8) is 0 Å². The molecule has 1 amide bonds. The molecule has 0 bridgehead atoms. The lowest BCUT2D eigenvalue weighted by Crippen LogP contribution is -2.45. The molecule has 1 aromatic heterocycles. The topological polar surface area (TPSA) is 77.7 Å². The lowest BCUT2D eigenvalue weighted by molar-refractivity contribution is -0.142. The summed E-state index contributed by atoms with van der Waals surface area (Å²) in [7, 11) is 0.